The van der Waals surface area contributed by atoms with Crippen molar-refractivity contribution in [2.45, 2.75) is 30.1 Å². The predicted molar refractivity (Wildman–Crippen MR) is 87.6 cm³/mol. The van der Waals surface area contributed by atoms with Gasteiger partial charge in [0.2, 0.25) is 0 Å². The van der Waals surface area contributed by atoms with E-state index in [9.17, 15) is 0 Å². The number of nitrogens with zero attached hydrogens (tertiary/aromatic N) is 2. The van der Waals surface area contributed by atoms with Gasteiger partial charge in [-0.05, 0) is 51.1 Å². The average Bonchev–Trinajstić information content (AvgIpc) is 2.32. The lowest BCUT2D eigenvalue weighted by molar-refractivity contribution is 0.0683. The van der Waals surface area contributed by atoms with Gasteiger partial charge in [0.15, 0.2) is 0 Å². The molecule has 1 aliphatic carbocycles. The molecule has 1 aromatic rings. The number of rotatable bonds is 5. The summed E-state index contributed by atoms with van der Waals surface area (Å²) >= 11 is 9.86. The van der Waals surface area contributed by atoms with E-state index in [0.717, 1.165) is 22.6 Å². The minimum absolute atomic E-state index is 0.326. The number of halogens is 2. The topological polar surface area (TPSA) is 6.48 Å². The molecule has 0 atom stereocenters. The van der Waals surface area contributed by atoms with Crippen LogP contribution in [0, 0.1) is 0 Å². The number of anilines is 1. The van der Waals surface area contributed by atoms with Crippen molar-refractivity contribution < 1.29 is 0 Å². The van der Waals surface area contributed by atoms with Crippen LogP contribution >= 0.6 is 27.5 Å². The maximum absolute atomic E-state index is 6.40. The number of likely N-dealkylation sites (N-methyl/N-ethyl adjacent to an activating group) is 2. The second kappa shape index (κ2) is 6.02. The number of benzene rings is 1. The van der Waals surface area contributed by atoms with Crippen LogP contribution in [-0.4, -0.2) is 38.1 Å². The standard InChI is InChI=1S/C15H22BrClN2/c1-18(2)15(7-4-8-15)11-19(3)14-6-5-12(10-16)9-13(14)17/h5-6,9H,4,7-8,10-11H2,1-3H3. The van der Waals surface area contributed by atoms with Crippen LogP contribution in [0.1, 0.15) is 24.8 Å². The first-order valence-electron chi connectivity index (χ1n) is 6.71. The number of alkyl halides is 1. The van der Waals surface area contributed by atoms with Crippen molar-refractivity contribution in [3.63, 3.8) is 0 Å². The van der Waals surface area contributed by atoms with E-state index in [1.165, 1.54) is 24.8 Å². The molecule has 4 heteroatoms. The monoisotopic (exact) mass is 344 g/mol. The molecule has 2 nitrogen and oxygen atoms in total. The molecule has 0 radical (unpaired) electrons. The molecule has 0 amide bonds. The average molecular weight is 346 g/mol. The van der Waals surface area contributed by atoms with Gasteiger partial charge in [-0.1, -0.05) is 33.6 Å². The third kappa shape index (κ3) is 3.09. The lowest BCUT2D eigenvalue weighted by atomic mass is 9.75. The van der Waals surface area contributed by atoms with Gasteiger partial charge in [0.25, 0.3) is 0 Å². The second-order valence-corrected chi connectivity index (χ2v) is 6.72. The first kappa shape index (κ1) is 15.1. The summed E-state index contributed by atoms with van der Waals surface area (Å²) in [6, 6.07) is 6.31. The Bertz CT molecular complexity index is 444. The minimum atomic E-state index is 0.326. The van der Waals surface area contributed by atoms with Crippen molar-refractivity contribution in [3.05, 3.63) is 28.8 Å². The minimum Gasteiger partial charge on any atom is -0.372 e. The van der Waals surface area contributed by atoms with E-state index in [0.29, 0.717) is 5.54 Å². The highest BCUT2D eigenvalue weighted by atomic mass is 79.9. The highest BCUT2D eigenvalue weighted by Crippen LogP contribution is 2.38. The van der Waals surface area contributed by atoms with Gasteiger partial charge in [0.05, 0.1) is 10.7 Å². The SMILES string of the molecule is CN(CC1(N(C)C)CCC1)c1ccc(CBr)cc1Cl. The summed E-state index contributed by atoms with van der Waals surface area (Å²) in [6.45, 7) is 1.04. The van der Waals surface area contributed by atoms with Crippen LogP contribution in [0.5, 0.6) is 0 Å². The molecule has 2 rings (SSSR count). The molecule has 0 bridgehead atoms. The summed E-state index contributed by atoms with van der Waals surface area (Å²) < 4.78 is 0. The van der Waals surface area contributed by atoms with Crippen molar-refractivity contribution >= 4 is 33.2 Å². The normalized spacial score (nSPS) is 17.4. The zero-order valence-electron chi connectivity index (χ0n) is 11.9. The molecular formula is C15H22BrClN2. The van der Waals surface area contributed by atoms with Crippen LogP contribution in [0.15, 0.2) is 18.2 Å². The van der Waals surface area contributed by atoms with Crippen LogP contribution in [0.25, 0.3) is 0 Å². The summed E-state index contributed by atoms with van der Waals surface area (Å²) in [5.74, 6) is 0. The van der Waals surface area contributed by atoms with E-state index in [-0.39, 0.29) is 0 Å². The molecule has 106 valence electrons. The van der Waals surface area contributed by atoms with E-state index in [4.69, 9.17) is 11.6 Å². The number of hydrogen-bond donors (Lipinski definition) is 0. The summed E-state index contributed by atoms with van der Waals surface area (Å²) in [5.41, 5.74) is 2.67. The van der Waals surface area contributed by atoms with Gasteiger partial charge in [-0.15, -0.1) is 0 Å². The lowest BCUT2D eigenvalue weighted by Crippen LogP contribution is -2.56. The van der Waals surface area contributed by atoms with Crippen LogP contribution in [0.2, 0.25) is 5.02 Å². The van der Waals surface area contributed by atoms with Gasteiger partial charge >= 0.3 is 0 Å². The Morgan fingerprint density at radius 2 is 1.95 bits per heavy atom. The molecule has 19 heavy (non-hydrogen) atoms. The van der Waals surface area contributed by atoms with Gasteiger partial charge in [-0.25, -0.2) is 0 Å². The number of hydrogen-bond acceptors (Lipinski definition) is 2. The molecular weight excluding hydrogens is 324 g/mol. The summed E-state index contributed by atoms with van der Waals surface area (Å²) in [5, 5.41) is 1.69. The van der Waals surface area contributed by atoms with Gasteiger partial charge in [0.1, 0.15) is 0 Å². The quantitative estimate of drug-likeness (QED) is 0.740. The van der Waals surface area contributed by atoms with Crippen molar-refractivity contribution in [2.75, 3.05) is 32.6 Å². The maximum atomic E-state index is 6.40. The summed E-state index contributed by atoms with van der Waals surface area (Å²) in [7, 11) is 6.50. The molecule has 1 fully saturated rings. The van der Waals surface area contributed by atoms with Crippen LogP contribution in [0.4, 0.5) is 5.69 Å². The summed E-state index contributed by atoms with van der Waals surface area (Å²) in [6.07, 6.45) is 3.89. The van der Waals surface area contributed by atoms with Crippen molar-refractivity contribution in [1.82, 2.24) is 4.90 Å². The van der Waals surface area contributed by atoms with Crippen molar-refractivity contribution in [3.8, 4) is 0 Å². The largest absolute Gasteiger partial charge is 0.372 e. The van der Waals surface area contributed by atoms with Crippen LogP contribution in [-0.2, 0) is 5.33 Å². The predicted octanol–water partition coefficient (Wildman–Crippen LogP) is 4.16. The van der Waals surface area contributed by atoms with E-state index < -0.39 is 0 Å². The molecule has 0 heterocycles. The zero-order chi connectivity index (χ0) is 14.0. The maximum Gasteiger partial charge on any atom is 0.0642 e. The van der Waals surface area contributed by atoms with E-state index in [1.807, 2.05) is 6.07 Å². The van der Waals surface area contributed by atoms with Crippen LogP contribution < -0.4 is 4.90 Å². The molecule has 0 aliphatic heterocycles. The fourth-order valence-corrected chi connectivity index (χ4v) is 3.50. The molecule has 0 spiro atoms. The fourth-order valence-electron chi connectivity index (χ4n) is 2.80. The van der Waals surface area contributed by atoms with E-state index in [2.05, 4.69) is 59.0 Å². The van der Waals surface area contributed by atoms with Gasteiger partial charge in [-0.2, -0.15) is 0 Å². The second-order valence-electron chi connectivity index (χ2n) is 5.75. The zero-order valence-corrected chi connectivity index (χ0v) is 14.3. The highest BCUT2D eigenvalue weighted by molar-refractivity contribution is 9.08. The Labute approximate surface area is 129 Å². The highest BCUT2D eigenvalue weighted by Gasteiger charge is 2.40. The van der Waals surface area contributed by atoms with Gasteiger partial charge in [0, 0.05) is 24.5 Å². The first-order valence-corrected chi connectivity index (χ1v) is 8.21. The Balaban J connectivity index is 2.13. The third-order valence-corrected chi connectivity index (χ3v) is 5.29. The van der Waals surface area contributed by atoms with E-state index >= 15 is 0 Å². The molecule has 0 aromatic heterocycles. The Morgan fingerprint density at radius 3 is 2.37 bits per heavy atom. The summed E-state index contributed by atoms with van der Waals surface area (Å²) in [4.78, 5) is 4.66. The molecule has 1 saturated carbocycles. The van der Waals surface area contributed by atoms with Gasteiger partial charge < -0.3 is 9.80 Å². The van der Waals surface area contributed by atoms with Gasteiger partial charge in [-0.3, -0.25) is 0 Å². The lowest BCUT2D eigenvalue weighted by Gasteiger charge is -2.49. The van der Waals surface area contributed by atoms with E-state index in [1.54, 1.807) is 0 Å². The molecule has 0 unspecified atom stereocenters. The Kier molecular flexibility index (Phi) is 4.80. The fraction of sp³-hybridized carbons (Fsp3) is 0.600. The van der Waals surface area contributed by atoms with Crippen molar-refractivity contribution in [1.29, 1.82) is 0 Å². The Morgan fingerprint density at radius 1 is 1.26 bits per heavy atom. The van der Waals surface area contributed by atoms with Crippen LogP contribution in [0.3, 0.4) is 0 Å². The smallest absolute Gasteiger partial charge is 0.0642 e. The first-order chi connectivity index (χ1) is 8.98. The molecule has 1 aliphatic rings. The molecule has 0 saturated heterocycles. The van der Waals surface area contributed by atoms with Crippen molar-refractivity contribution in [2.24, 2.45) is 0 Å². The molecule has 0 N–H and O–H groups in total. The Hall–Kier alpha value is -0.250. The third-order valence-electron chi connectivity index (χ3n) is 4.34. The molecule has 1 aromatic carbocycles.